The van der Waals surface area contributed by atoms with Crippen molar-refractivity contribution in [1.29, 1.82) is 0 Å². The first-order chi connectivity index (χ1) is 9.70. The Bertz CT molecular complexity index is 490. The lowest BCUT2D eigenvalue weighted by atomic mass is 10.0. The van der Waals surface area contributed by atoms with Crippen molar-refractivity contribution in [2.75, 3.05) is 13.1 Å². The molecule has 0 aromatic carbocycles. The minimum Gasteiger partial charge on any atom is -0.333 e. The number of likely N-dealkylation sites (tertiary alicyclic amines) is 1. The maximum absolute atomic E-state index is 12.8. The maximum Gasteiger partial charge on any atom is 0.272 e. The highest BCUT2D eigenvalue weighted by molar-refractivity contribution is 5.93. The zero-order valence-electron chi connectivity index (χ0n) is 12.4. The molecule has 20 heavy (non-hydrogen) atoms. The predicted octanol–water partition coefficient (Wildman–Crippen LogP) is 1.34. The highest BCUT2D eigenvalue weighted by atomic mass is 16.2. The van der Waals surface area contributed by atoms with Gasteiger partial charge in [-0.25, -0.2) is 0 Å². The molecule has 1 N–H and O–H groups in total. The SMILES string of the molecule is CCc1cc(C(=O)N2CCCC2C2CCCN2)n(C)n1. The van der Waals surface area contributed by atoms with Gasteiger partial charge in [0.1, 0.15) is 5.69 Å². The number of hydrogen-bond acceptors (Lipinski definition) is 3. The van der Waals surface area contributed by atoms with Crippen molar-refractivity contribution in [3.05, 3.63) is 17.5 Å². The predicted molar refractivity (Wildman–Crippen MR) is 77.7 cm³/mol. The van der Waals surface area contributed by atoms with Gasteiger partial charge in [-0.1, -0.05) is 6.92 Å². The van der Waals surface area contributed by atoms with Gasteiger partial charge >= 0.3 is 0 Å². The van der Waals surface area contributed by atoms with Crippen LogP contribution in [0.3, 0.4) is 0 Å². The Morgan fingerprint density at radius 3 is 2.95 bits per heavy atom. The minimum atomic E-state index is 0.149. The van der Waals surface area contributed by atoms with Crippen molar-refractivity contribution in [3.63, 3.8) is 0 Å². The number of carbonyl (C=O) groups excluding carboxylic acids is 1. The van der Waals surface area contributed by atoms with Gasteiger partial charge in [-0.3, -0.25) is 9.48 Å². The van der Waals surface area contributed by atoms with E-state index >= 15 is 0 Å². The number of nitrogens with zero attached hydrogens (tertiary/aromatic N) is 3. The molecule has 2 fully saturated rings. The summed E-state index contributed by atoms with van der Waals surface area (Å²) < 4.78 is 1.73. The van der Waals surface area contributed by atoms with E-state index in [4.69, 9.17) is 0 Å². The zero-order valence-corrected chi connectivity index (χ0v) is 12.4. The molecule has 1 aromatic heterocycles. The average Bonchev–Trinajstić information content (AvgIpc) is 3.17. The summed E-state index contributed by atoms with van der Waals surface area (Å²) in [6.45, 7) is 4.04. The van der Waals surface area contributed by atoms with Crippen LogP contribution in [0.5, 0.6) is 0 Å². The third kappa shape index (κ3) is 2.35. The van der Waals surface area contributed by atoms with Crippen LogP contribution in [0.25, 0.3) is 0 Å². The molecule has 2 aliphatic rings. The van der Waals surface area contributed by atoms with Gasteiger partial charge in [0, 0.05) is 25.7 Å². The molecule has 5 nitrogen and oxygen atoms in total. The molecule has 0 aliphatic carbocycles. The van der Waals surface area contributed by atoms with Crippen molar-refractivity contribution in [2.45, 2.75) is 51.1 Å². The fourth-order valence-corrected chi connectivity index (χ4v) is 3.55. The molecule has 0 saturated carbocycles. The summed E-state index contributed by atoms with van der Waals surface area (Å²) in [5.41, 5.74) is 1.72. The van der Waals surface area contributed by atoms with Gasteiger partial charge in [0.25, 0.3) is 5.91 Å². The fourth-order valence-electron chi connectivity index (χ4n) is 3.55. The lowest BCUT2D eigenvalue weighted by Crippen LogP contribution is -2.46. The van der Waals surface area contributed by atoms with E-state index in [2.05, 4.69) is 22.2 Å². The van der Waals surface area contributed by atoms with E-state index in [0.717, 1.165) is 43.7 Å². The number of aromatic nitrogens is 2. The first kappa shape index (κ1) is 13.6. The summed E-state index contributed by atoms with van der Waals surface area (Å²) >= 11 is 0. The summed E-state index contributed by atoms with van der Waals surface area (Å²) in [5.74, 6) is 0.149. The monoisotopic (exact) mass is 276 g/mol. The van der Waals surface area contributed by atoms with Crippen LogP contribution in [-0.4, -0.2) is 45.8 Å². The van der Waals surface area contributed by atoms with Gasteiger partial charge < -0.3 is 10.2 Å². The largest absolute Gasteiger partial charge is 0.333 e. The van der Waals surface area contributed by atoms with Crippen LogP contribution in [0.1, 0.15) is 48.8 Å². The molecule has 0 spiro atoms. The van der Waals surface area contributed by atoms with Gasteiger partial charge in [0.15, 0.2) is 0 Å². The second kappa shape index (κ2) is 5.56. The van der Waals surface area contributed by atoms with Crippen LogP contribution < -0.4 is 5.32 Å². The quantitative estimate of drug-likeness (QED) is 0.906. The molecular weight excluding hydrogens is 252 g/mol. The molecule has 2 unspecified atom stereocenters. The number of aryl methyl sites for hydroxylation is 2. The normalized spacial score (nSPS) is 26.4. The molecule has 5 heteroatoms. The van der Waals surface area contributed by atoms with Crippen molar-refractivity contribution >= 4 is 5.91 Å². The Kier molecular flexibility index (Phi) is 3.78. The van der Waals surface area contributed by atoms with Gasteiger partial charge in [-0.15, -0.1) is 0 Å². The molecule has 1 aromatic rings. The summed E-state index contributed by atoms with van der Waals surface area (Å²) in [6.07, 6.45) is 5.54. The summed E-state index contributed by atoms with van der Waals surface area (Å²) in [5, 5.41) is 7.95. The average molecular weight is 276 g/mol. The molecule has 1 amide bonds. The number of hydrogen-bond donors (Lipinski definition) is 1. The number of carbonyl (C=O) groups is 1. The van der Waals surface area contributed by atoms with Crippen molar-refractivity contribution in [3.8, 4) is 0 Å². The Labute approximate surface area is 120 Å². The number of nitrogens with one attached hydrogen (secondary N) is 1. The third-order valence-corrected chi connectivity index (χ3v) is 4.63. The molecule has 2 aliphatic heterocycles. The first-order valence-corrected chi connectivity index (χ1v) is 7.78. The van der Waals surface area contributed by atoms with Crippen LogP contribution in [0.4, 0.5) is 0 Å². The Balaban J connectivity index is 1.79. The van der Waals surface area contributed by atoms with E-state index in [1.807, 2.05) is 13.1 Å². The first-order valence-electron chi connectivity index (χ1n) is 7.78. The van der Waals surface area contributed by atoms with Crippen LogP contribution in [0.2, 0.25) is 0 Å². The molecule has 3 rings (SSSR count). The van der Waals surface area contributed by atoms with Gasteiger partial charge in [-0.2, -0.15) is 5.10 Å². The highest BCUT2D eigenvalue weighted by Gasteiger charge is 2.37. The van der Waals surface area contributed by atoms with Crippen molar-refractivity contribution in [1.82, 2.24) is 20.0 Å². The van der Waals surface area contributed by atoms with Crippen LogP contribution in [-0.2, 0) is 13.5 Å². The summed E-state index contributed by atoms with van der Waals surface area (Å²) in [6, 6.07) is 2.80. The van der Waals surface area contributed by atoms with E-state index in [0.29, 0.717) is 12.1 Å². The standard InChI is InChI=1S/C15H24N4O/c1-3-11-10-14(18(2)17-11)15(20)19-9-5-7-13(19)12-6-4-8-16-12/h10,12-13,16H,3-9H2,1-2H3. The molecule has 110 valence electrons. The van der Waals surface area contributed by atoms with Gasteiger partial charge in [-0.05, 0) is 44.7 Å². The van der Waals surface area contributed by atoms with E-state index in [1.165, 1.54) is 12.8 Å². The summed E-state index contributed by atoms with van der Waals surface area (Å²) in [7, 11) is 1.87. The highest BCUT2D eigenvalue weighted by Crippen LogP contribution is 2.26. The second-order valence-corrected chi connectivity index (χ2v) is 5.91. The topological polar surface area (TPSA) is 50.2 Å². The fraction of sp³-hybridized carbons (Fsp3) is 0.733. The minimum absolute atomic E-state index is 0.149. The molecule has 2 atom stereocenters. The Morgan fingerprint density at radius 2 is 2.30 bits per heavy atom. The van der Waals surface area contributed by atoms with Crippen molar-refractivity contribution < 1.29 is 4.79 Å². The lowest BCUT2D eigenvalue weighted by molar-refractivity contribution is 0.0700. The molecule has 0 bridgehead atoms. The van der Waals surface area contributed by atoms with Gasteiger partial charge in [0.2, 0.25) is 0 Å². The van der Waals surface area contributed by atoms with Crippen LogP contribution >= 0.6 is 0 Å². The number of rotatable bonds is 3. The Morgan fingerprint density at radius 1 is 1.45 bits per heavy atom. The third-order valence-electron chi connectivity index (χ3n) is 4.63. The smallest absolute Gasteiger partial charge is 0.272 e. The van der Waals surface area contributed by atoms with E-state index in [-0.39, 0.29) is 5.91 Å². The zero-order chi connectivity index (χ0) is 14.1. The summed E-state index contributed by atoms with van der Waals surface area (Å²) in [4.78, 5) is 14.9. The molecular formula is C15H24N4O. The maximum atomic E-state index is 12.8. The lowest BCUT2D eigenvalue weighted by Gasteiger charge is -2.29. The van der Waals surface area contributed by atoms with E-state index < -0.39 is 0 Å². The van der Waals surface area contributed by atoms with E-state index in [9.17, 15) is 4.79 Å². The Hall–Kier alpha value is -1.36. The molecule has 3 heterocycles. The van der Waals surface area contributed by atoms with E-state index in [1.54, 1.807) is 4.68 Å². The molecule has 0 radical (unpaired) electrons. The molecule has 2 saturated heterocycles. The number of amides is 1. The van der Waals surface area contributed by atoms with Crippen LogP contribution in [0.15, 0.2) is 6.07 Å². The van der Waals surface area contributed by atoms with Gasteiger partial charge in [0.05, 0.1) is 5.69 Å². The van der Waals surface area contributed by atoms with Crippen LogP contribution in [0, 0.1) is 0 Å². The van der Waals surface area contributed by atoms with Crippen molar-refractivity contribution in [2.24, 2.45) is 7.05 Å². The second-order valence-electron chi connectivity index (χ2n) is 5.91.